The van der Waals surface area contributed by atoms with Crippen LogP contribution >= 0.6 is 0 Å². The summed E-state index contributed by atoms with van der Waals surface area (Å²) >= 11 is 0. The van der Waals surface area contributed by atoms with Crippen LogP contribution in [-0.4, -0.2) is 18.8 Å². The van der Waals surface area contributed by atoms with Gasteiger partial charge in [-0.2, -0.15) is 0 Å². The standard InChI is InChI=1S/C8H14FN/c1-2-4-8(9)5-3-6-10-7-8/h2,10H,1,3-7H2/t8-/m0/s1. The summed E-state index contributed by atoms with van der Waals surface area (Å²) in [6, 6.07) is 0. The SMILES string of the molecule is C=CC[C@]1(F)CCCNC1. The van der Waals surface area contributed by atoms with Crippen LogP contribution in [0.15, 0.2) is 12.7 Å². The summed E-state index contributed by atoms with van der Waals surface area (Å²) in [6.45, 7) is 4.99. The second-order valence-electron chi connectivity index (χ2n) is 2.92. The van der Waals surface area contributed by atoms with Crippen molar-refractivity contribution in [3.05, 3.63) is 12.7 Å². The summed E-state index contributed by atoms with van der Waals surface area (Å²) < 4.78 is 13.4. The van der Waals surface area contributed by atoms with Gasteiger partial charge in [0, 0.05) is 13.0 Å². The van der Waals surface area contributed by atoms with Gasteiger partial charge in [-0.25, -0.2) is 4.39 Å². The molecule has 0 unspecified atom stereocenters. The van der Waals surface area contributed by atoms with Crippen molar-refractivity contribution in [3.8, 4) is 0 Å². The van der Waals surface area contributed by atoms with Gasteiger partial charge in [-0.15, -0.1) is 6.58 Å². The predicted octanol–water partition coefficient (Wildman–Crippen LogP) is 1.65. The van der Waals surface area contributed by atoms with E-state index in [1.807, 2.05) is 0 Å². The Hall–Kier alpha value is -0.370. The highest BCUT2D eigenvalue weighted by Gasteiger charge is 2.29. The number of rotatable bonds is 2. The van der Waals surface area contributed by atoms with Crippen molar-refractivity contribution >= 4 is 0 Å². The molecule has 1 saturated heterocycles. The number of hydrogen-bond donors (Lipinski definition) is 1. The summed E-state index contributed by atoms with van der Waals surface area (Å²) in [5.74, 6) is 0. The van der Waals surface area contributed by atoms with Gasteiger partial charge < -0.3 is 5.32 Å². The van der Waals surface area contributed by atoms with Crippen molar-refractivity contribution in [1.82, 2.24) is 5.32 Å². The average molecular weight is 143 g/mol. The topological polar surface area (TPSA) is 12.0 Å². The van der Waals surface area contributed by atoms with E-state index in [0.29, 0.717) is 19.4 Å². The Labute approximate surface area is 61.3 Å². The lowest BCUT2D eigenvalue weighted by atomic mass is 9.93. The molecule has 2 heteroatoms. The van der Waals surface area contributed by atoms with Crippen molar-refractivity contribution in [1.29, 1.82) is 0 Å². The first kappa shape index (κ1) is 7.73. The largest absolute Gasteiger partial charge is 0.314 e. The Morgan fingerprint density at radius 1 is 1.70 bits per heavy atom. The van der Waals surface area contributed by atoms with Crippen LogP contribution in [0.2, 0.25) is 0 Å². The Morgan fingerprint density at radius 2 is 2.50 bits per heavy atom. The van der Waals surface area contributed by atoms with Gasteiger partial charge in [-0.1, -0.05) is 6.08 Å². The van der Waals surface area contributed by atoms with E-state index >= 15 is 0 Å². The van der Waals surface area contributed by atoms with Gasteiger partial charge in [0.15, 0.2) is 0 Å². The fourth-order valence-electron chi connectivity index (χ4n) is 1.36. The highest BCUT2D eigenvalue weighted by molar-refractivity contribution is 4.91. The molecule has 0 radical (unpaired) electrons. The maximum atomic E-state index is 13.4. The van der Waals surface area contributed by atoms with Crippen molar-refractivity contribution in [2.75, 3.05) is 13.1 Å². The Balaban J connectivity index is 2.39. The van der Waals surface area contributed by atoms with E-state index in [1.165, 1.54) is 0 Å². The molecular weight excluding hydrogens is 129 g/mol. The molecule has 58 valence electrons. The van der Waals surface area contributed by atoms with Gasteiger partial charge in [0.1, 0.15) is 5.67 Å². The third-order valence-corrected chi connectivity index (χ3v) is 1.93. The highest BCUT2D eigenvalue weighted by atomic mass is 19.1. The van der Waals surface area contributed by atoms with Crippen molar-refractivity contribution in [2.45, 2.75) is 24.9 Å². The number of alkyl halides is 1. The second kappa shape index (κ2) is 3.15. The third-order valence-electron chi connectivity index (χ3n) is 1.93. The molecule has 1 aliphatic rings. The van der Waals surface area contributed by atoms with Crippen LogP contribution in [0.5, 0.6) is 0 Å². The van der Waals surface area contributed by atoms with Crippen LogP contribution in [0.1, 0.15) is 19.3 Å². The lowest BCUT2D eigenvalue weighted by Gasteiger charge is -2.28. The van der Waals surface area contributed by atoms with Gasteiger partial charge in [0.2, 0.25) is 0 Å². The molecule has 1 aliphatic heterocycles. The first-order valence-electron chi connectivity index (χ1n) is 3.77. The molecule has 1 N–H and O–H groups in total. The summed E-state index contributed by atoms with van der Waals surface area (Å²) in [7, 11) is 0. The zero-order valence-electron chi connectivity index (χ0n) is 6.20. The maximum Gasteiger partial charge on any atom is 0.126 e. The summed E-state index contributed by atoms with van der Waals surface area (Å²) in [6.07, 6.45) is 3.78. The van der Waals surface area contributed by atoms with Crippen LogP contribution in [0, 0.1) is 0 Å². The zero-order valence-corrected chi connectivity index (χ0v) is 6.20. The summed E-state index contributed by atoms with van der Waals surface area (Å²) in [4.78, 5) is 0. The van der Waals surface area contributed by atoms with E-state index in [1.54, 1.807) is 6.08 Å². The van der Waals surface area contributed by atoms with Gasteiger partial charge in [-0.3, -0.25) is 0 Å². The second-order valence-corrected chi connectivity index (χ2v) is 2.92. The van der Waals surface area contributed by atoms with Crippen LogP contribution in [0.25, 0.3) is 0 Å². The minimum Gasteiger partial charge on any atom is -0.314 e. The number of hydrogen-bond acceptors (Lipinski definition) is 1. The summed E-state index contributed by atoms with van der Waals surface area (Å²) in [5, 5.41) is 3.04. The Kier molecular flexibility index (Phi) is 2.44. The number of halogens is 1. The molecule has 0 amide bonds. The van der Waals surface area contributed by atoms with E-state index in [0.717, 1.165) is 13.0 Å². The molecule has 1 heterocycles. The lowest BCUT2D eigenvalue weighted by molar-refractivity contribution is 0.126. The first-order valence-corrected chi connectivity index (χ1v) is 3.77. The zero-order chi connectivity index (χ0) is 7.45. The van der Waals surface area contributed by atoms with Gasteiger partial charge >= 0.3 is 0 Å². The molecule has 0 saturated carbocycles. The molecule has 1 rings (SSSR count). The fourth-order valence-corrected chi connectivity index (χ4v) is 1.36. The maximum absolute atomic E-state index is 13.4. The normalized spacial score (nSPS) is 33.7. The number of allylic oxidation sites excluding steroid dienone is 1. The Bertz CT molecular complexity index is 116. The smallest absolute Gasteiger partial charge is 0.126 e. The van der Waals surface area contributed by atoms with E-state index in [9.17, 15) is 4.39 Å². The monoisotopic (exact) mass is 143 g/mol. The van der Waals surface area contributed by atoms with Crippen LogP contribution < -0.4 is 5.32 Å². The molecule has 10 heavy (non-hydrogen) atoms. The van der Waals surface area contributed by atoms with E-state index in [2.05, 4.69) is 11.9 Å². The Morgan fingerprint density at radius 3 is 3.00 bits per heavy atom. The highest BCUT2D eigenvalue weighted by Crippen LogP contribution is 2.24. The molecule has 0 spiro atoms. The minimum atomic E-state index is -1.000. The van der Waals surface area contributed by atoms with Crippen molar-refractivity contribution in [2.24, 2.45) is 0 Å². The van der Waals surface area contributed by atoms with Crippen molar-refractivity contribution < 1.29 is 4.39 Å². The molecule has 0 aromatic carbocycles. The average Bonchev–Trinajstić information content (AvgIpc) is 1.89. The van der Waals surface area contributed by atoms with E-state index in [-0.39, 0.29) is 0 Å². The van der Waals surface area contributed by atoms with Gasteiger partial charge in [0.05, 0.1) is 0 Å². The fraction of sp³-hybridized carbons (Fsp3) is 0.750. The van der Waals surface area contributed by atoms with Crippen LogP contribution in [-0.2, 0) is 0 Å². The third kappa shape index (κ3) is 1.81. The number of piperidine rings is 1. The lowest BCUT2D eigenvalue weighted by Crippen LogP contribution is -2.41. The predicted molar refractivity (Wildman–Crippen MR) is 40.8 cm³/mol. The molecule has 1 fully saturated rings. The minimum absolute atomic E-state index is 0.486. The van der Waals surface area contributed by atoms with Crippen LogP contribution in [0.3, 0.4) is 0 Å². The molecule has 1 nitrogen and oxygen atoms in total. The van der Waals surface area contributed by atoms with E-state index < -0.39 is 5.67 Å². The van der Waals surface area contributed by atoms with Crippen LogP contribution in [0.4, 0.5) is 4.39 Å². The molecule has 0 aromatic heterocycles. The molecular formula is C8H14FN. The summed E-state index contributed by atoms with van der Waals surface area (Å²) in [5.41, 5.74) is -1.000. The van der Waals surface area contributed by atoms with E-state index in [4.69, 9.17) is 0 Å². The molecule has 0 bridgehead atoms. The van der Waals surface area contributed by atoms with Gasteiger partial charge in [0.25, 0.3) is 0 Å². The quantitative estimate of drug-likeness (QED) is 0.580. The number of nitrogens with one attached hydrogen (secondary N) is 1. The molecule has 0 aromatic rings. The van der Waals surface area contributed by atoms with Gasteiger partial charge in [-0.05, 0) is 19.4 Å². The first-order chi connectivity index (χ1) is 4.77. The molecule has 1 atom stereocenters. The molecule has 0 aliphatic carbocycles. The van der Waals surface area contributed by atoms with Crippen molar-refractivity contribution in [3.63, 3.8) is 0 Å².